The van der Waals surface area contributed by atoms with Gasteiger partial charge in [-0.15, -0.1) is 11.3 Å². The van der Waals surface area contributed by atoms with E-state index in [9.17, 15) is 0 Å². The Hall–Kier alpha value is -6.04. The van der Waals surface area contributed by atoms with Crippen molar-refractivity contribution in [2.45, 2.75) is 0 Å². The Morgan fingerprint density at radius 2 is 1.16 bits per heavy atom. The van der Waals surface area contributed by atoms with Crippen LogP contribution in [0.2, 0.25) is 0 Å². The van der Waals surface area contributed by atoms with Gasteiger partial charge in [-0.2, -0.15) is 0 Å². The van der Waals surface area contributed by atoms with Crippen LogP contribution in [0.15, 0.2) is 158 Å². The van der Waals surface area contributed by atoms with E-state index in [2.05, 4.69) is 150 Å². The molecule has 3 nitrogen and oxygen atoms in total. The molecule has 0 bridgehead atoms. The van der Waals surface area contributed by atoms with E-state index in [4.69, 9.17) is 9.47 Å². The van der Waals surface area contributed by atoms with E-state index in [1.54, 1.807) is 0 Å². The summed E-state index contributed by atoms with van der Waals surface area (Å²) in [5, 5.41) is 7.38. The minimum atomic E-state index is 0.0447. The molecule has 8 aromatic carbocycles. The standard InChI is InChI=1S/C44H26BNO2S/c1-2-13-29(14-3-1)46(30-22-21-27-11-4-5-12-28(27)23-30)36-26-42-43(32-16-7-6-15-31(32)36)33-24-40-35(25-41(33)49-42)45-34-17-8-9-18-37(34)47-38-19-10-20-39(48-40)44(38)45/h1-26H. The van der Waals surface area contributed by atoms with Crippen molar-refractivity contribution >= 4 is 93.2 Å². The number of nitrogens with zero attached hydrogens (tertiary/aromatic N) is 1. The lowest BCUT2D eigenvalue weighted by Gasteiger charge is -2.32. The van der Waals surface area contributed by atoms with Gasteiger partial charge in [0.25, 0.3) is 6.71 Å². The van der Waals surface area contributed by atoms with Crippen LogP contribution in [0, 0.1) is 0 Å². The third-order valence-corrected chi connectivity index (χ3v) is 11.2. The Morgan fingerprint density at radius 1 is 0.449 bits per heavy atom. The van der Waals surface area contributed by atoms with Gasteiger partial charge in [-0.3, -0.25) is 0 Å². The molecule has 1 aromatic heterocycles. The maximum atomic E-state index is 6.71. The van der Waals surface area contributed by atoms with Gasteiger partial charge in [0.2, 0.25) is 0 Å². The molecule has 49 heavy (non-hydrogen) atoms. The highest BCUT2D eigenvalue weighted by molar-refractivity contribution is 7.26. The zero-order valence-electron chi connectivity index (χ0n) is 26.3. The minimum Gasteiger partial charge on any atom is -0.458 e. The third kappa shape index (κ3) is 3.97. The largest absolute Gasteiger partial charge is 0.458 e. The first kappa shape index (κ1) is 27.0. The van der Waals surface area contributed by atoms with Gasteiger partial charge in [0, 0.05) is 42.4 Å². The molecule has 3 heterocycles. The third-order valence-electron chi connectivity index (χ3n) is 10.1. The second kappa shape index (κ2) is 10.2. The number of para-hydroxylation sites is 2. The lowest BCUT2D eigenvalue weighted by Crippen LogP contribution is -2.57. The smallest absolute Gasteiger partial charge is 0.260 e. The van der Waals surface area contributed by atoms with Crippen molar-refractivity contribution in [3.8, 4) is 23.0 Å². The van der Waals surface area contributed by atoms with Gasteiger partial charge in [0.1, 0.15) is 23.0 Å². The van der Waals surface area contributed by atoms with Crippen LogP contribution in [0.25, 0.3) is 41.7 Å². The molecule has 0 unspecified atom stereocenters. The molecule has 9 aromatic rings. The number of anilines is 3. The first-order valence-corrected chi connectivity index (χ1v) is 17.4. The number of fused-ring (bicyclic) bond motifs is 10. The number of ether oxygens (including phenoxy) is 2. The van der Waals surface area contributed by atoms with Gasteiger partial charge in [-0.1, -0.05) is 97.1 Å². The van der Waals surface area contributed by atoms with E-state index in [-0.39, 0.29) is 6.71 Å². The van der Waals surface area contributed by atoms with Crippen molar-refractivity contribution in [2.24, 2.45) is 0 Å². The van der Waals surface area contributed by atoms with Crippen molar-refractivity contribution in [3.63, 3.8) is 0 Å². The Kier molecular flexibility index (Phi) is 5.63. The second-order valence-corrected chi connectivity index (χ2v) is 13.9. The molecule has 11 rings (SSSR count). The summed E-state index contributed by atoms with van der Waals surface area (Å²) in [4.78, 5) is 2.41. The number of benzene rings is 8. The van der Waals surface area contributed by atoms with Crippen molar-refractivity contribution in [1.29, 1.82) is 0 Å². The molecule has 2 aliphatic rings. The summed E-state index contributed by atoms with van der Waals surface area (Å²) in [5.74, 6) is 3.55. The van der Waals surface area contributed by atoms with Crippen LogP contribution in [-0.2, 0) is 0 Å². The molecule has 0 fully saturated rings. The van der Waals surface area contributed by atoms with E-state index in [0.29, 0.717) is 0 Å². The highest BCUT2D eigenvalue weighted by Crippen LogP contribution is 2.47. The first-order valence-electron chi connectivity index (χ1n) is 16.6. The minimum absolute atomic E-state index is 0.0447. The summed E-state index contributed by atoms with van der Waals surface area (Å²) in [5.41, 5.74) is 6.88. The van der Waals surface area contributed by atoms with Crippen molar-refractivity contribution in [1.82, 2.24) is 0 Å². The zero-order chi connectivity index (χ0) is 32.1. The van der Waals surface area contributed by atoms with Gasteiger partial charge in [0.15, 0.2) is 0 Å². The summed E-state index contributed by atoms with van der Waals surface area (Å²) in [6.45, 7) is 0.0447. The number of thiophene rings is 1. The van der Waals surface area contributed by atoms with Gasteiger partial charge >= 0.3 is 0 Å². The maximum absolute atomic E-state index is 6.71. The number of rotatable bonds is 3. The van der Waals surface area contributed by atoms with E-state index >= 15 is 0 Å². The summed E-state index contributed by atoms with van der Waals surface area (Å²) < 4.78 is 15.6. The first-order chi connectivity index (χ1) is 24.3. The summed E-state index contributed by atoms with van der Waals surface area (Å²) in [7, 11) is 0. The maximum Gasteiger partial charge on any atom is 0.260 e. The Labute approximate surface area is 287 Å². The van der Waals surface area contributed by atoms with Crippen molar-refractivity contribution < 1.29 is 9.47 Å². The van der Waals surface area contributed by atoms with E-state index < -0.39 is 0 Å². The average molecular weight is 644 g/mol. The molecule has 228 valence electrons. The fraction of sp³-hybridized carbons (Fsp3) is 0. The lowest BCUT2D eigenvalue weighted by molar-refractivity contribution is 0.465. The molecular formula is C44H26BNO2S. The van der Waals surface area contributed by atoms with Crippen LogP contribution in [0.1, 0.15) is 0 Å². The predicted octanol–water partition coefficient (Wildman–Crippen LogP) is 10.6. The van der Waals surface area contributed by atoms with Crippen LogP contribution in [0.3, 0.4) is 0 Å². The second-order valence-electron chi connectivity index (χ2n) is 12.8. The summed E-state index contributed by atoms with van der Waals surface area (Å²) >= 11 is 1.86. The Bertz CT molecular complexity index is 2810. The molecule has 0 aliphatic carbocycles. The molecule has 0 radical (unpaired) electrons. The molecule has 0 saturated carbocycles. The topological polar surface area (TPSA) is 21.7 Å². The molecule has 0 amide bonds. The number of hydrogen-bond acceptors (Lipinski definition) is 4. The SMILES string of the molecule is c1ccc(N(c2ccc3ccccc3c2)c2cc3sc4cc5c(cc4c3c3ccccc23)Oc2cccc3c2B5c2ccccc2O3)cc1. The molecule has 0 spiro atoms. The monoisotopic (exact) mass is 643 g/mol. The highest BCUT2D eigenvalue weighted by Gasteiger charge is 2.40. The van der Waals surface area contributed by atoms with Crippen molar-refractivity contribution in [3.05, 3.63) is 158 Å². The van der Waals surface area contributed by atoms with Gasteiger partial charge in [0.05, 0.1) is 5.69 Å². The van der Waals surface area contributed by atoms with Crippen molar-refractivity contribution in [2.75, 3.05) is 4.90 Å². The summed E-state index contributed by atoms with van der Waals surface area (Å²) in [6.07, 6.45) is 0. The lowest BCUT2D eigenvalue weighted by atomic mass is 9.35. The van der Waals surface area contributed by atoms with Crippen LogP contribution in [0.5, 0.6) is 23.0 Å². The van der Waals surface area contributed by atoms with E-state index in [1.165, 1.54) is 52.6 Å². The molecule has 0 N–H and O–H groups in total. The molecule has 2 aliphatic heterocycles. The quantitative estimate of drug-likeness (QED) is 0.179. The Morgan fingerprint density at radius 3 is 2.04 bits per heavy atom. The fourth-order valence-electron chi connectivity index (χ4n) is 8.00. The normalized spacial score (nSPS) is 12.8. The van der Waals surface area contributed by atoms with Gasteiger partial charge in [-0.25, -0.2) is 0 Å². The molecular weight excluding hydrogens is 617 g/mol. The number of hydrogen-bond donors (Lipinski definition) is 0. The average Bonchev–Trinajstić information content (AvgIpc) is 3.51. The van der Waals surface area contributed by atoms with E-state index in [0.717, 1.165) is 45.5 Å². The van der Waals surface area contributed by atoms with Gasteiger partial charge < -0.3 is 14.4 Å². The highest BCUT2D eigenvalue weighted by atomic mass is 32.1. The predicted molar refractivity (Wildman–Crippen MR) is 207 cm³/mol. The fourth-order valence-corrected chi connectivity index (χ4v) is 9.18. The van der Waals surface area contributed by atoms with Crippen LogP contribution < -0.4 is 30.8 Å². The van der Waals surface area contributed by atoms with Crippen LogP contribution in [-0.4, -0.2) is 6.71 Å². The van der Waals surface area contributed by atoms with Crippen LogP contribution in [0.4, 0.5) is 17.1 Å². The molecule has 5 heteroatoms. The Balaban J connectivity index is 1.17. The molecule has 0 atom stereocenters. The van der Waals surface area contributed by atoms with Gasteiger partial charge in [-0.05, 0) is 87.7 Å². The zero-order valence-corrected chi connectivity index (χ0v) is 27.1. The van der Waals surface area contributed by atoms with Crippen LogP contribution >= 0.6 is 11.3 Å². The van der Waals surface area contributed by atoms with E-state index in [1.807, 2.05) is 23.5 Å². The summed E-state index contributed by atoms with van der Waals surface area (Å²) in [6, 6.07) is 56.5. The molecule has 0 saturated heterocycles.